The molecule has 3 N–H and O–H groups in total. The SMILES string of the molecule is CN(C)Cc1cccc(CC(N)C(=O)O)c1. The van der Waals surface area contributed by atoms with Crippen LogP contribution in [0.4, 0.5) is 0 Å². The molecule has 0 aliphatic rings. The summed E-state index contributed by atoms with van der Waals surface area (Å²) in [4.78, 5) is 12.7. The molecule has 88 valence electrons. The molecule has 0 heterocycles. The van der Waals surface area contributed by atoms with Gasteiger partial charge in [0.2, 0.25) is 0 Å². The van der Waals surface area contributed by atoms with Crippen molar-refractivity contribution in [2.24, 2.45) is 5.73 Å². The summed E-state index contributed by atoms with van der Waals surface area (Å²) in [5, 5.41) is 8.72. The van der Waals surface area contributed by atoms with E-state index in [0.29, 0.717) is 6.42 Å². The number of nitrogens with zero attached hydrogens (tertiary/aromatic N) is 1. The summed E-state index contributed by atoms with van der Waals surface area (Å²) in [6, 6.07) is 7.04. The fraction of sp³-hybridized carbons (Fsp3) is 0.417. The third-order valence-corrected chi connectivity index (χ3v) is 2.26. The zero-order valence-corrected chi connectivity index (χ0v) is 9.68. The molecule has 1 aromatic rings. The molecule has 4 heteroatoms. The van der Waals surface area contributed by atoms with Crippen molar-refractivity contribution in [1.82, 2.24) is 4.90 Å². The molecule has 4 nitrogen and oxygen atoms in total. The van der Waals surface area contributed by atoms with E-state index in [0.717, 1.165) is 12.1 Å². The Balaban J connectivity index is 2.70. The van der Waals surface area contributed by atoms with Crippen molar-refractivity contribution in [3.63, 3.8) is 0 Å². The van der Waals surface area contributed by atoms with E-state index in [-0.39, 0.29) is 0 Å². The molecule has 1 unspecified atom stereocenters. The van der Waals surface area contributed by atoms with Crippen LogP contribution in [-0.4, -0.2) is 36.1 Å². The Kier molecular flexibility index (Phi) is 4.46. The van der Waals surface area contributed by atoms with Crippen LogP contribution in [0.15, 0.2) is 24.3 Å². The highest BCUT2D eigenvalue weighted by atomic mass is 16.4. The van der Waals surface area contributed by atoms with Crippen LogP contribution in [0, 0.1) is 0 Å². The second-order valence-electron chi connectivity index (χ2n) is 4.21. The Labute approximate surface area is 95.7 Å². The van der Waals surface area contributed by atoms with Gasteiger partial charge < -0.3 is 15.7 Å². The number of hydrogen-bond donors (Lipinski definition) is 2. The third kappa shape index (κ3) is 4.00. The number of carboxylic acid groups (broad SMARTS) is 1. The number of rotatable bonds is 5. The van der Waals surface area contributed by atoms with E-state index < -0.39 is 12.0 Å². The maximum Gasteiger partial charge on any atom is 0.320 e. The molecule has 0 bridgehead atoms. The van der Waals surface area contributed by atoms with Crippen molar-refractivity contribution in [2.75, 3.05) is 14.1 Å². The minimum Gasteiger partial charge on any atom is -0.480 e. The largest absolute Gasteiger partial charge is 0.480 e. The fourth-order valence-corrected chi connectivity index (χ4v) is 1.56. The normalized spacial score (nSPS) is 12.8. The summed E-state index contributed by atoms with van der Waals surface area (Å²) in [7, 11) is 3.99. The van der Waals surface area contributed by atoms with Crippen LogP contribution in [0.5, 0.6) is 0 Å². The lowest BCUT2D eigenvalue weighted by atomic mass is 10.0. The quantitative estimate of drug-likeness (QED) is 0.769. The molecule has 0 amide bonds. The van der Waals surface area contributed by atoms with Crippen LogP contribution in [0.25, 0.3) is 0 Å². The lowest BCUT2D eigenvalue weighted by Gasteiger charge is -2.11. The highest BCUT2D eigenvalue weighted by Gasteiger charge is 2.12. The molecule has 16 heavy (non-hydrogen) atoms. The van der Waals surface area contributed by atoms with Crippen molar-refractivity contribution in [3.8, 4) is 0 Å². The summed E-state index contributed by atoms with van der Waals surface area (Å²) in [6.07, 6.45) is 0.372. The van der Waals surface area contributed by atoms with Crippen LogP contribution in [0.3, 0.4) is 0 Å². The number of carboxylic acids is 1. The van der Waals surface area contributed by atoms with Gasteiger partial charge in [0.05, 0.1) is 0 Å². The molecule has 1 atom stereocenters. The zero-order valence-electron chi connectivity index (χ0n) is 9.68. The van der Waals surface area contributed by atoms with E-state index in [1.54, 1.807) is 0 Å². The Bertz CT molecular complexity index is 364. The third-order valence-electron chi connectivity index (χ3n) is 2.26. The number of nitrogens with two attached hydrogens (primary N) is 1. The molecule has 1 rings (SSSR count). The minimum atomic E-state index is -0.960. The Morgan fingerprint density at radius 2 is 2.06 bits per heavy atom. The first-order valence-electron chi connectivity index (χ1n) is 5.20. The van der Waals surface area contributed by atoms with Crippen molar-refractivity contribution in [3.05, 3.63) is 35.4 Å². The molecule has 0 saturated heterocycles. The Morgan fingerprint density at radius 1 is 1.44 bits per heavy atom. The summed E-state index contributed by atoms with van der Waals surface area (Å²) in [6.45, 7) is 0.843. The van der Waals surface area contributed by atoms with Gasteiger partial charge in [-0.05, 0) is 31.6 Å². The molecular formula is C12H18N2O2. The maximum absolute atomic E-state index is 10.6. The molecule has 0 aromatic heterocycles. The van der Waals surface area contributed by atoms with Crippen LogP contribution in [0.1, 0.15) is 11.1 Å². The predicted octanol–water partition coefficient (Wildman–Crippen LogP) is 0.703. The molecule has 0 aliphatic carbocycles. The first-order valence-corrected chi connectivity index (χ1v) is 5.20. The molecule has 0 radical (unpaired) electrons. The van der Waals surface area contributed by atoms with E-state index >= 15 is 0 Å². The van der Waals surface area contributed by atoms with E-state index in [9.17, 15) is 4.79 Å². The first kappa shape index (κ1) is 12.7. The summed E-state index contributed by atoms with van der Waals surface area (Å²) in [5.74, 6) is -0.960. The van der Waals surface area contributed by atoms with Crippen molar-refractivity contribution in [2.45, 2.75) is 19.0 Å². The topological polar surface area (TPSA) is 66.6 Å². The smallest absolute Gasteiger partial charge is 0.320 e. The maximum atomic E-state index is 10.6. The highest BCUT2D eigenvalue weighted by Crippen LogP contribution is 2.08. The summed E-state index contributed by atoms with van der Waals surface area (Å²) < 4.78 is 0. The van der Waals surface area contributed by atoms with Gasteiger partial charge in [0.1, 0.15) is 6.04 Å². The summed E-state index contributed by atoms with van der Waals surface area (Å²) >= 11 is 0. The predicted molar refractivity (Wildman–Crippen MR) is 63.1 cm³/mol. The average molecular weight is 222 g/mol. The lowest BCUT2D eigenvalue weighted by Crippen LogP contribution is -2.32. The number of aliphatic carboxylic acids is 1. The van der Waals surface area contributed by atoms with Gasteiger partial charge in [-0.3, -0.25) is 4.79 Å². The van der Waals surface area contributed by atoms with Gasteiger partial charge in [-0.15, -0.1) is 0 Å². The number of benzene rings is 1. The van der Waals surface area contributed by atoms with Crippen molar-refractivity contribution >= 4 is 5.97 Å². The minimum absolute atomic E-state index is 0.372. The van der Waals surface area contributed by atoms with Crippen LogP contribution < -0.4 is 5.73 Å². The zero-order chi connectivity index (χ0) is 12.1. The van der Waals surface area contributed by atoms with E-state index in [2.05, 4.69) is 4.90 Å². The van der Waals surface area contributed by atoms with Gasteiger partial charge in [-0.25, -0.2) is 0 Å². The Hall–Kier alpha value is -1.39. The second kappa shape index (κ2) is 5.63. The first-order chi connectivity index (χ1) is 7.49. The monoisotopic (exact) mass is 222 g/mol. The lowest BCUT2D eigenvalue weighted by molar-refractivity contribution is -0.138. The van der Waals surface area contributed by atoms with Crippen molar-refractivity contribution in [1.29, 1.82) is 0 Å². The van der Waals surface area contributed by atoms with Gasteiger partial charge in [-0.1, -0.05) is 24.3 Å². The second-order valence-corrected chi connectivity index (χ2v) is 4.21. The summed E-state index contributed by atoms with van der Waals surface area (Å²) in [5.41, 5.74) is 7.62. The fourth-order valence-electron chi connectivity index (χ4n) is 1.56. The van der Waals surface area contributed by atoms with Gasteiger partial charge in [0.15, 0.2) is 0 Å². The van der Waals surface area contributed by atoms with Crippen LogP contribution in [-0.2, 0) is 17.8 Å². The Morgan fingerprint density at radius 3 is 2.62 bits per heavy atom. The van der Waals surface area contributed by atoms with Gasteiger partial charge >= 0.3 is 5.97 Å². The highest BCUT2D eigenvalue weighted by molar-refractivity contribution is 5.73. The van der Waals surface area contributed by atoms with Gasteiger partial charge in [-0.2, -0.15) is 0 Å². The standard InChI is InChI=1S/C12H18N2O2/c1-14(2)8-10-5-3-4-9(6-10)7-11(13)12(15)16/h3-6,11H,7-8,13H2,1-2H3,(H,15,16). The van der Waals surface area contributed by atoms with E-state index in [1.165, 1.54) is 5.56 Å². The number of hydrogen-bond acceptors (Lipinski definition) is 3. The molecule has 0 fully saturated rings. The average Bonchev–Trinajstić information content (AvgIpc) is 2.16. The molecule has 1 aromatic carbocycles. The van der Waals surface area contributed by atoms with Crippen LogP contribution in [0.2, 0.25) is 0 Å². The van der Waals surface area contributed by atoms with E-state index in [4.69, 9.17) is 10.8 Å². The van der Waals surface area contributed by atoms with Crippen LogP contribution >= 0.6 is 0 Å². The molecular weight excluding hydrogens is 204 g/mol. The molecule has 0 saturated carbocycles. The van der Waals surface area contributed by atoms with Gasteiger partial charge in [0, 0.05) is 6.54 Å². The molecule has 0 spiro atoms. The number of carbonyl (C=O) groups is 1. The molecule has 0 aliphatic heterocycles. The van der Waals surface area contributed by atoms with Crippen molar-refractivity contribution < 1.29 is 9.90 Å². The van der Waals surface area contributed by atoms with E-state index in [1.807, 2.05) is 38.4 Å². The van der Waals surface area contributed by atoms with Gasteiger partial charge in [0.25, 0.3) is 0 Å².